The van der Waals surface area contributed by atoms with E-state index in [0.717, 1.165) is 71.0 Å². The predicted molar refractivity (Wildman–Crippen MR) is 202 cm³/mol. The summed E-state index contributed by atoms with van der Waals surface area (Å²) >= 11 is 0. The van der Waals surface area contributed by atoms with Crippen LogP contribution in [0, 0.1) is 5.92 Å². The van der Waals surface area contributed by atoms with Gasteiger partial charge in [0.15, 0.2) is 6.79 Å². The first kappa shape index (κ1) is 35.6. The van der Waals surface area contributed by atoms with Crippen molar-refractivity contribution in [1.29, 1.82) is 0 Å². The third-order valence-corrected chi connectivity index (χ3v) is 10.6. The number of ether oxygens (including phenoxy) is 2. The van der Waals surface area contributed by atoms with Crippen LogP contribution in [0.4, 0.5) is 5.95 Å². The van der Waals surface area contributed by atoms with E-state index in [2.05, 4.69) is 84.1 Å². The molecule has 3 aromatic heterocycles. The maximum Gasteiger partial charge on any atom is 0.246 e. The molecule has 5 aromatic rings. The number of carbonyl (C=O) groups is 2. The van der Waals surface area contributed by atoms with Crippen molar-refractivity contribution in [2.75, 3.05) is 25.2 Å². The monoisotopic (exact) mass is 730 g/mol. The summed E-state index contributed by atoms with van der Waals surface area (Å²) in [6.45, 7) is 7.51. The van der Waals surface area contributed by atoms with Crippen molar-refractivity contribution in [3.05, 3.63) is 91.0 Å². The molecule has 2 aromatic carbocycles. The van der Waals surface area contributed by atoms with E-state index in [-0.39, 0.29) is 36.6 Å². The molecule has 0 aliphatic carbocycles. The first-order chi connectivity index (χ1) is 26.3. The Kier molecular flexibility index (Phi) is 10.2. The summed E-state index contributed by atoms with van der Waals surface area (Å²) in [5, 5.41) is 6.31. The molecule has 3 aliphatic heterocycles. The van der Waals surface area contributed by atoms with Gasteiger partial charge in [0.1, 0.15) is 17.7 Å². The summed E-state index contributed by atoms with van der Waals surface area (Å²) in [5.41, 5.74) is 6.05. The highest BCUT2D eigenvalue weighted by Crippen LogP contribution is 2.35. The lowest BCUT2D eigenvalue weighted by Crippen LogP contribution is -2.53. The van der Waals surface area contributed by atoms with E-state index in [0.29, 0.717) is 19.0 Å². The fourth-order valence-corrected chi connectivity index (χ4v) is 7.58. The molecular formula is C40H46N10O4. The van der Waals surface area contributed by atoms with E-state index < -0.39 is 18.5 Å². The average Bonchev–Trinajstić information content (AvgIpc) is 4.02. The second-order valence-corrected chi connectivity index (χ2v) is 14.5. The number of aromatic nitrogens is 6. The lowest BCUT2D eigenvalue weighted by atomic mass is 10.0. The number of anilines is 1. The fourth-order valence-electron chi connectivity index (χ4n) is 7.58. The largest absolute Gasteiger partial charge is 0.342 e. The molecule has 0 saturated carbocycles. The third kappa shape index (κ3) is 7.36. The number of amides is 2. The molecular weight excluding hydrogens is 685 g/mol. The van der Waals surface area contributed by atoms with E-state index in [1.54, 1.807) is 18.5 Å². The van der Waals surface area contributed by atoms with Crippen LogP contribution >= 0.6 is 0 Å². The van der Waals surface area contributed by atoms with Crippen molar-refractivity contribution in [3.63, 3.8) is 0 Å². The Hall–Kier alpha value is -5.44. The van der Waals surface area contributed by atoms with Gasteiger partial charge < -0.3 is 34.6 Å². The molecule has 4 atom stereocenters. The van der Waals surface area contributed by atoms with Crippen LogP contribution in [0.1, 0.15) is 70.2 Å². The predicted octanol–water partition coefficient (Wildman–Crippen LogP) is 5.65. The van der Waals surface area contributed by atoms with Crippen LogP contribution in [0.5, 0.6) is 0 Å². The second-order valence-electron chi connectivity index (χ2n) is 14.5. The Morgan fingerprint density at radius 1 is 0.722 bits per heavy atom. The minimum atomic E-state index is -0.526. The van der Waals surface area contributed by atoms with Gasteiger partial charge in [0.25, 0.3) is 0 Å². The minimum absolute atomic E-state index is 0.00815. The topological polar surface area (TPSA) is 166 Å². The molecule has 14 nitrogen and oxygen atoms in total. The number of hydrogen-bond donors (Lipinski definition) is 4. The molecule has 0 spiro atoms. The lowest BCUT2D eigenvalue weighted by Gasteiger charge is -2.32. The van der Waals surface area contributed by atoms with Crippen LogP contribution in [-0.2, 0) is 19.1 Å². The molecule has 3 aliphatic rings. The number of rotatable bonds is 12. The normalized spacial score (nSPS) is 19.9. The second kappa shape index (κ2) is 15.5. The zero-order valence-corrected chi connectivity index (χ0v) is 30.7. The molecule has 280 valence electrons. The number of hydrogen-bond acceptors (Lipinski definition) is 10. The molecule has 3 fully saturated rings. The van der Waals surface area contributed by atoms with Gasteiger partial charge in [0, 0.05) is 25.5 Å². The molecule has 4 N–H and O–H groups in total. The zero-order chi connectivity index (χ0) is 37.2. The molecule has 2 amide bonds. The van der Waals surface area contributed by atoms with Crippen molar-refractivity contribution in [3.8, 4) is 33.6 Å². The summed E-state index contributed by atoms with van der Waals surface area (Å²) in [4.78, 5) is 55.8. The van der Waals surface area contributed by atoms with E-state index in [1.165, 1.54) is 0 Å². The van der Waals surface area contributed by atoms with Gasteiger partial charge in [-0.1, -0.05) is 62.4 Å². The Labute approximate surface area is 314 Å². The van der Waals surface area contributed by atoms with Crippen LogP contribution in [0.25, 0.3) is 33.6 Å². The summed E-state index contributed by atoms with van der Waals surface area (Å²) in [7, 11) is 0. The van der Waals surface area contributed by atoms with E-state index in [4.69, 9.17) is 14.5 Å². The number of likely N-dealkylation sites (tertiary alicyclic amines) is 2. The van der Waals surface area contributed by atoms with Gasteiger partial charge in [0.05, 0.1) is 41.9 Å². The van der Waals surface area contributed by atoms with Gasteiger partial charge in [-0.25, -0.2) is 19.9 Å². The number of benzene rings is 2. The van der Waals surface area contributed by atoms with Crippen molar-refractivity contribution in [2.45, 2.75) is 77.0 Å². The molecule has 6 heterocycles. The number of aromatic amines is 2. The summed E-state index contributed by atoms with van der Waals surface area (Å²) in [6, 6.07) is 17.5. The Bertz CT molecular complexity index is 2040. The van der Waals surface area contributed by atoms with Gasteiger partial charge in [-0.05, 0) is 66.8 Å². The third-order valence-electron chi connectivity index (χ3n) is 10.6. The van der Waals surface area contributed by atoms with Gasteiger partial charge in [0.2, 0.25) is 24.2 Å². The Balaban J connectivity index is 0.905. The van der Waals surface area contributed by atoms with Crippen LogP contribution in [0.3, 0.4) is 0 Å². The van der Waals surface area contributed by atoms with Gasteiger partial charge in [-0.3, -0.25) is 14.9 Å². The Morgan fingerprint density at radius 2 is 1.22 bits per heavy atom. The minimum Gasteiger partial charge on any atom is -0.342 e. The zero-order valence-electron chi connectivity index (χ0n) is 30.7. The van der Waals surface area contributed by atoms with Crippen LogP contribution < -0.4 is 10.6 Å². The first-order valence-electron chi connectivity index (χ1n) is 18.8. The van der Waals surface area contributed by atoms with Crippen molar-refractivity contribution >= 4 is 17.8 Å². The maximum atomic E-state index is 13.8. The summed E-state index contributed by atoms with van der Waals surface area (Å²) < 4.78 is 10.5. The van der Waals surface area contributed by atoms with Crippen molar-refractivity contribution in [2.24, 2.45) is 5.92 Å². The van der Waals surface area contributed by atoms with Crippen molar-refractivity contribution in [1.82, 2.24) is 45.0 Å². The quantitative estimate of drug-likeness (QED) is 0.126. The van der Waals surface area contributed by atoms with Gasteiger partial charge >= 0.3 is 0 Å². The average molecular weight is 731 g/mol. The van der Waals surface area contributed by atoms with Crippen LogP contribution in [0.15, 0.2) is 79.4 Å². The lowest BCUT2D eigenvalue weighted by molar-refractivity contribution is -0.334. The highest BCUT2D eigenvalue weighted by Gasteiger charge is 2.38. The highest BCUT2D eigenvalue weighted by atomic mass is 16.9. The SMILES string of the molecule is CC(C)[C@@H](Nc1ncccn1)C(=O)N1CCC[C@H]1c1ncc(-c2ccc(-c3ccc(-c4cnc([C@@H]5CCCN5C(=O)[C@H](C)NC5OCO5)[nH]4)cc3)cc2)[nH]1. The maximum absolute atomic E-state index is 13.8. The van der Waals surface area contributed by atoms with Crippen LogP contribution in [-0.4, -0.2) is 89.9 Å². The molecule has 0 radical (unpaired) electrons. The molecule has 14 heteroatoms. The molecule has 0 unspecified atom stereocenters. The number of H-pyrrole nitrogens is 2. The molecule has 54 heavy (non-hydrogen) atoms. The Morgan fingerprint density at radius 3 is 1.70 bits per heavy atom. The number of nitrogens with one attached hydrogen (secondary N) is 4. The van der Waals surface area contributed by atoms with Gasteiger partial charge in [-0.15, -0.1) is 0 Å². The smallest absolute Gasteiger partial charge is 0.246 e. The standard InChI is InChI=1S/C40H46N10O4/c1-24(2)34(48-39-41-17-6-18-42-39)38(52)50-20-5-8-33(50)36-44-22-31(47-36)29-15-11-27(12-16-29)26-9-13-28(14-10-26)30-21-43-35(46-30)32-7-4-19-49(32)37(51)25(3)45-40-53-23-54-40/h6,9-18,21-22,24-25,32-34,40,45H,4-5,7-8,19-20,23H2,1-3H3,(H,43,46)(H,44,47)(H,41,42,48)/t25-,32-,33-,34+/m0/s1. The molecule has 8 rings (SSSR count). The fraction of sp³-hybridized carbons (Fsp3) is 0.400. The summed E-state index contributed by atoms with van der Waals surface area (Å²) in [5.74, 6) is 2.13. The van der Waals surface area contributed by atoms with Crippen LogP contribution in [0.2, 0.25) is 0 Å². The van der Waals surface area contributed by atoms with E-state index >= 15 is 0 Å². The van der Waals surface area contributed by atoms with Gasteiger partial charge in [-0.2, -0.15) is 0 Å². The van der Waals surface area contributed by atoms with Crippen molar-refractivity contribution < 1.29 is 19.1 Å². The molecule has 3 saturated heterocycles. The first-order valence-corrected chi connectivity index (χ1v) is 18.8. The summed E-state index contributed by atoms with van der Waals surface area (Å²) in [6.07, 6.45) is 10.1. The number of nitrogens with zero attached hydrogens (tertiary/aromatic N) is 6. The van der Waals surface area contributed by atoms with E-state index in [1.807, 2.05) is 43.0 Å². The number of carbonyl (C=O) groups excluding carboxylic acids is 2. The number of imidazole rings is 2. The highest BCUT2D eigenvalue weighted by molar-refractivity contribution is 5.85. The van der Waals surface area contributed by atoms with E-state index in [9.17, 15) is 9.59 Å². The molecule has 0 bridgehead atoms.